The summed E-state index contributed by atoms with van der Waals surface area (Å²) in [6.07, 6.45) is 0.00421. The van der Waals surface area contributed by atoms with Crippen LogP contribution in [0.3, 0.4) is 0 Å². The van der Waals surface area contributed by atoms with Gasteiger partial charge in [0.1, 0.15) is 12.4 Å². The molecule has 0 fully saturated rings. The van der Waals surface area contributed by atoms with E-state index in [4.69, 9.17) is 9.47 Å². The number of fused-ring (bicyclic) bond motifs is 1. The van der Waals surface area contributed by atoms with Gasteiger partial charge in [0.15, 0.2) is 11.5 Å². The molecule has 3 aromatic carbocycles. The number of hydrogen-bond acceptors (Lipinski definition) is 5. The second kappa shape index (κ2) is 7.69. The van der Waals surface area contributed by atoms with Gasteiger partial charge in [0.2, 0.25) is 5.78 Å². The van der Waals surface area contributed by atoms with Gasteiger partial charge in [-0.25, -0.2) is 0 Å². The van der Waals surface area contributed by atoms with Gasteiger partial charge in [-0.05, 0) is 23.3 Å². The Bertz CT molecular complexity index is 1220. The molecule has 1 heterocycles. The molecule has 0 spiro atoms. The Morgan fingerprint density at radius 1 is 0.774 bits per heavy atom. The Morgan fingerprint density at radius 3 is 2.13 bits per heavy atom. The zero-order valence-electron chi connectivity index (χ0n) is 16.5. The van der Waals surface area contributed by atoms with Gasteiger partial charge in [0, 0.05) is 17.0 Å². The number of carbonyl (C=O) groups is 3. The summed E-state index contributed by atoms with van der Waals surface area (Å²) in [5.41, 5.74) is 2.68. The van der Waals surface area contributed by atoms with Crippen LogP contribution in [0.15, 0.2) is 90.2 Å². The van der Waals surface area contributed by atoms with E-state index in [1.807, 2.05) is 54.6 Å². The van der Waals surface area contributed by atoms with Gasteiger partial charge in [0.05, 0.1) is 12.0 Å². The molecule has 152 valence electrons. The van der Waals surface area contributed by atoms with E-state index in [1.165, 1.54) is 0 Å². The van der Waals surface area contributed by atoms with Crippen molar-refractivity contribution in [3.63, 3.8) is 0 Å². The molecule has 0 N–H and O–H groups in total. The van der Waals surface area contributed by atoms with Crippen LogP contribution in [-0.4, -0.2) is 17.5 Å². The fourth-order valence-electron chi connectivity index (χ4n) is 4.04. The van der Waals surface area contributed by atoms with Crippen molar-refractivity contribution < 1.29 is 23.9 Å². The standard InChI is InChI=1S/C26H18O5/c27-22-14-21(17-10-12-18(13-11-17)30-15-16-6-2-1-3-7-16)23-24(28)19-8-4-5-9-20(19)25(29)26(23)31-22/h1-13,21H,14-15H2/t21-/m0/s1. The Morgan fingerprint density at radius 2 is 1.42 bits per heavy atom. The van der Waals surface area contributed by atoms with Crippen molar-refractivity contribution in [1.82, 2.24) is 0 Å². The van der Waals surface area contributed by atoms with Crippen LogP contribution in [0, 0.1) is 0 Å². The summed E-state index contributed by atoms with van der Waals surface area (Å²) < 4.78 is 11.1. The molecule has 5 nitrogen and oxygen atoms in total. The Balaban J connectivity index is 1.44. The first-order valence-electron chi connectivity index (χ1n) is 10.0. The second-order valence-corrected chi connectivity index (χ2v) is 7.52. The molecule has 0 saturated heterocycles. The first-order chi connectivity index (χ1) is 15.1. The molecule has 0 bridgehead atoms. The lowest BCUT2D eigenvalue weighted by atomic mass is 9.77. The van der Waals surface area contributed by atoms with Gasteiger partial charge >= 0.3 is 5.97 Å². The second-order valence-electron chi connectivity index (χ2n) is 7.52. The highest BCUT2D eigenvalue weighted by Crippen LogP contribution is 2.41. The van der Waals surface area contributed by atoms with Gasteiger partial charge in [0.25, 0.3) is 0 Å². The number of Topliss-reactive ketones (excluding diaryl/α,β-unsaturated/α-hetero) is 2. The summed E-state index contributed by atoms with van der Waals surface area (Å²) in [6, 6.07) is 23.7. The number of ketones is 2. The van der Waals surface area contributed by atoms with E-state index in [2.05, 4.69) is 0 Å². The topological polar surface area (TPSA) is 69.7 Å². The third-order valence-electron chi connectivity index (χ3n) is 5.58. The van der Waals surface area contributed by atoms with E-state index >= 15 is 0 Å². The summed E-state index contributed by atoms with van der Waals surface area (Å²) in [5.74, 6) is -1.22. The third-order valence-corrected chi connectivity index (χ3v) is 5.58. The van der Waals surface area contributed by atoms with Crippen molar-refractivity contribution in [3.05, 3.63) is 112 Å². The fraction of sp³-hybridized carbons (Fsp3) is 0.115. The lowest BCUT2D eigenvalue weighted by Gasteiger charge is -2.30. The molecule has 0 radical (unpaired) electrons. The van der Waals surface area contributed by atoms with Crippen LogP contribution in [0.25, 0.3) is 0 Å². The Hall–Kier alpha value is -3.99. The molecule has 2 aliphatic rings. The number of allylic oxidation sites excluding steroid dienone is 2. The Kier molecular flexibility index (Phi) is 4.71. The molecule has 0 saturated carbocycles. The van der Waals surface area contributed by atoms with Crippen molar-refractivity contribution in [2.24, 2.45) is 0 Å². The molecular weight excluding hydrogens is 392 g/mol. The van der Waals surface area contributed by atoms with Gasteiger partial charge in [-0.15, -0.1) is 0 Å². The molecule has 1 aliphatic heterocycles. The van der Waals surface area contributed by atoms with Crippen molar-refractivity contribution in [1.29, 1.82) is 0 Å². The average Bonchev–Trinajstić information content (AvgIpc) is 2.82. The highest BCUT2D eigenvalue weighted by Gasteiger charge is 2.42. The normalized spacial score (nSPS) is 17.7. The summed E-state index contributed by atoms with van der Waals surface area (Å²) in [6.45, 7) is 0.439. The minimum Gasteiger partial charge on any atom is -0.489 e. The van der Waals surface area contributed by atoms with Crippen LogP contribution in [-0.2, 0) is 16.1 Å². The molecule has 0 unspecified atom stereocenters. The minimum atomic E-state index is -0.538. The zero-order chi connectivity index (χ0) is 21.4. The number of ether oxygens (including phenoxy) is 2. The first-order valence-corrected chi connectivity index (χ1v) is 10.0. The third kappa shape index (κ3) is 3.44. The highest BCUT2D eigenvalue weighted by atomic mass is 16.5. The predicted octanol–water partition coefficient (Wildman–Crippen LogP) is 4.63. The van der Waals surface area contributed by atoms with Crippen LogP contribution in [0.2, 0.25) is 0 Å². The number of hydrogen-bond donors (Lipinski definition) is 0. The maximum atomic E-state index is 13.2. The largest absolute Gasteiger partial charge is 0.489 e. The van der Waals surface area contributed by atoms with Crippen molar-refractivity contribution in [2.75, 3.05) is 0 Å². The number of carbonyl (C=O) groups excluding carboxylic acids is 3. The smallest absolute Gasteiger partial charge is 0.312 e. The van der Waals surface area contributed by atoms with E-state index in [0.29, 0.717) is 17.9 Å². The van der Waals surface area contributed by atoms with E-state index < -0.39 is 17.7 Å². The maximum absolute atomic E-state index is 13.2. The lowest BCUT2D eigenvalue weighted by molar-refractivity contribution is -0.140. The molecule has 5 heteroatoms. The maximum Gasteiger partial charge on any atom is 0.312 e. The monoisotopic (exact) mass is 410 g/mol. The lowest BCUT2D eigenvalue weighted by Crippen LogP contribution is -2.32. The van der Waals surface area contributed by atoms with Gasteiger partial charge in [-0.2, -0.15) is 0 Å². The van der Waals surface area contributed by atoms with E-state index in [0.717, 1.165) is 11.1 Å². The van der Waals surface area contributed by atoms with Crippen LogP contribution in [0.4, 0.5) is 0 Å². The van der Waals surface area contributed by atoms with Crippen molar-refractivity contribution >= 4 is 17.5 Å². The van der Waals surface area contributed by atoms with E-state index in [-0.39, 0.29) is 29.1 Å². The zero-order valence-corrected chi connectivity index (χ0v) is 16.5. The first kappa shape index (κ1) is 19.0. The predicted molar refractivity (Wildman–Crippen MR) is 113 cm³/mol. The SMILES string of the molecule is O=C1C[C@@H](c2ccc(OCc3ccccc3)cc2)C2=C(O1)C(=O)c1ccccc1C2=O. The summed E-state index contributed by atoms with van der Waals surface area (Å²) in [7, 11) is 0. The van der Waals surface area contributed by atoms with Crippen LogP contribution in [0.5, 0.6) is 5.75 Å². The van der Waals surface area contributed by atoms with Crippen molar-refractivity contribution in [3.8, 4) is 5.75 Å². The molecule has 5 rings (SSSR count). The average molecular weight is 410 g/mol. The minimum absolute atomic E-state index is 0.00421. The van der Waals surface area contributed by atoms with Crippen LogP contribution >= 0.6 is 0 Å². The van der Waals surface area contributed by atoms with E-state index in [9.17, 15) is 14.4 Å². The molecule has 1 aliphatic carbocycles. The molecule has 0 aromatic heterocycles. The number of esters is 1. The number of rotatable bonds is 4. The summed E-state index contributed by atoms with van der Waals surface area (Å²) >= 11 is 0. The van der Waals surface area contributed by atoms with Gasteiger partial charge in [-0.1, -0.05) is 66.7 Å². The molecule has 1 atom stereocenters. The molecular formula is C26H18O5. The fourth-order valence-corrected chi connectivity index (χ4v) is 4.04. The van der Waals surface area contributed by atoms with Crippen LogP contribution in [0.1, 0.15) is 44.2 Å². The summed E-state index contributed by atoms with van der Waals surface area (Å²) in [5, 5.41) is 0. The highest BCUT2D eigenvalue weighted by molar-refractivity contribution is 6.27. The Labute approximate surface area is 178 Å². The molecule has 3 aromatic rings. The van der Waals surface area contributed by atoms with Crippen molar-refractivity contribution in [2.45, 2.75) is 18.9 Å². The number of benzene rings is 3. The van der Waals surface area contributed by atoms with E-state index in [1.54, 1.807) is 24.3 Å². The summed E-state index contributed by atoms with van der Waals surface area (Å²) in [4.78, 5) is 38.3. The van der Waals surface area contributed by atoms with Gasteiger partial charge < -0.3 is 9.47 Å². The van der Waals surface area contributed by atoms with Crippen LogP contribution < -0.4 is 4.74 Å². The molecule has 0 amide bonds. The quantitative estimate of drug-likeness (QED) is 0.587. The molecule has 31 heavy (non-hydrogen) atoms. The van der Waals surface area contributed by atoms with Gasteiger partial charge in [-0.3, -0.25) is 14.4 Å².